The molecule has 1 saturated carbocycles. The quantitative estimate of drug-likeness (QED) is 0.759. The molecule has 2 nitrogen and oxygen atoms in total. The number of aliphatic hydroxyl groups is 1. The van der Waals surface area contributed by atoms with Crippen LogP contribution in [0.5, 0.6) is 0 Å². The Morgan fingerprint density at radius 2 is 2.00 bits per heavy atom. The summed E-state index contributed by atoms with van der Waals surface area (Å²) in [6.45, 7) is 5.40. The SMILES string of the molecule is CC(O)CCCN(C)C1CCCCC1C. The molecule has 1 aliphatic rings. The van der Waals surface area contributed by atoms with Crippen molar-refractivity contribution in [3.63, 3.8) is 0 Å². The van der Waals surface area contributed by atoms with Crippen molar-refractivity contribution in [3.8, 4) is 0 Å². The van der Waals surface area contributed by atoms with Gasteiger partial charge in [-0.1, -0.05) is 19.8 Å². The Kier molecular flexibility index (Phi) is 5.62. The lowest BCUT2D eigenvalue weighted by Crippen LogP contribution is -2.39. The molecule has 0 saturated heterocycles. The van der Waals surface area contributed by atoms with Crippen molar-refractivity contribution in [2.45, 2.75) is 64.5 Å². The number of rotatable bonds is 5. The normalized spacial score (nSPS) is 29.4. The van der Waals surface area contributed by atoms with Crippen molar-refractivity contribution in [1.29, 1.82) is 0 Å². The van der Waals surface area contributed by atoms with E-state index in [4.69, 9.17) is 0 Å². The summed E-state index contributed by atoms with van der Waals surface area (Å²) in [6, 6.07) is 0.785. The number of hydrogen-bond donors (Lipinski definition) is 1. The number of nitrogens with zero attached hydrogens (tertiary/aromatic N) is 1. The molecule has 0 radical (unpaired) electrons. The molecule has 15 heavy (non-hydrogen) atoms. The molecule has 0 spiro atoms. The predicted molar refractivity (Wildman–Crippen MR) is 65.0 cm³/mol. The summed E-state index contributed by atoms with van der Waals surface area (Å²) < 4.78 is 0. The van der Waals surface area contributed by atoms with Crippen LogP contribution in [0.4, 0.5) is 0 Å². The fraction of sp³-hybridized carbons (Fsp3) is 1.00. The van der Waals surface area contributed by atoms with Crippen LogP contribution in [-0.4, -0.2) is 35.7 Å². The summed E-state index contributed by atoms with van der Waals surface area (Å²) in [7, 11) is 2.24. The molecular weight excluding hydrogens is 186 g/mol. The van der Waals surface area contributed by atoms with Crippen LogP contribution in [0.2, 0.25) is 0 Å². The first-order valence-corrected chi connectivity index (χ1v) is 6.49. The lowest BCUT2D eigenvalue weighted by atomic mass is 9.85. The molecular formula is C13H27NO. The first kappa shape index (κ1) is 13.0. The van der Waals surface area contributed by atoms with E-state index in [0.29, 0.717) is 0 Å². The molecule has 1 fully saturated rings. The first-order chi connectivity index (χ1) is 7.11. The second kappa shape index (κ2) is 6.49. The van der Waals surface area contributed by atoms with Crippen LogP contribution in [-0.2, 0) is 0 Å². The van der Waals surface area contributed by atoms with E-state index >= 15 is 0 Å². The van der Waals surface area contributed by atoms with Gasteiger partial charge < -0.3 is 10.0 Å². The van der Waals surface area contributed by atoms with E-state index in [1.54, 1.807) is 0 Å². The molecule has 3 atom stereocenters. The lowest BCUT2D eigenvalue weighted by Gasteiger charge is -2.36. The molecule has 0 heterocycles. The predicted octanol–water partition coefficient (Wildman–Crippen LogP) is 2.66. The van der Waals surface area contributed by atoms with Crippen LogP contribution in [0.15, 0.2) is 0 Å². The van der Waals surface area contributed by atoms with E-state index < -0.39 is 0 Å². The van der Waals surface area contributed by atoms with Crippen molar-refractivity contribution in [2.75, 3.05) is 13.6 Å². The van der Waals surface area contributed by atoms with E-state index in [1.807, 2.05) is 6.92 Å². The van der Waals surface area contributed by atoms with E-state index in [1.165, 1.54) is 25.7 Å². The van der Waals surface area contributed by atoms with Crippen LogP contribution < -0.4 is 0 Å². The third-order valence-electron chi connectivity index (χ3n) is 3.77. The highest BCUT2D eigenvalue weighted by Gasteiger charge is 2.24. The monoisotopic (exact) mass is 213 g/mol. The highest BCUT2D eigenvalue weighted by atomic mass is 16.3. The third kappa shape index (κ3) is 4.52. The molecule has 90 valence electrons. The van der Waals surface area contributed by atoms with Crippen molar-refractivity contribution in [3.05, 3.63) is 0 Å². The Morgan fingerprint density at radius 3 is 2.60 bits per heavy atom. The molecule has 1 rings (SSSR count). The highest BCUT2D eigenvalue weighted by molar-refractivity contribution is 4.79. The number of aliphatic hydroxyl groups excluding tert-OH is 1. The van der Waals surface area contributed by atoms with Gasteiger partial charge in [0.2, 0.25) is 0 Å². The highest BCUT2D eigenvalue weighted by Crippen LogP contribution is 2.27. The molecule has 1 N–H and O–H groups in total. The molecule has 0 amide bonds. The van der Waals surface area contributed by atoms with E-state index in [0.717, 1.165) is 31.3 Å². The minimum absolute atomic E-state index is 0.137. The smallest absolute Gasteiger partial charge is 0.0512 e. The fourth-order valence-electron chi connectivity index (χ4n) is 2.75. The zero-order chi connectivity index (χ0) is 11.3. The molecule has 3 unspecified atom stereocenters. The summed E-state index contributed by atoms with van der Waals surface area (Å²) in [5.74, 6) is 0.857. The standard InChI is InChI=1S/C13H27NO/c1-11-7-4-5-9-13(11)14(3)10-6-8-12(2)15/h11-13,15H,4-10H2,1-3H3. The van der Waals surface area contributed by atoms with Crippen LogP contribution in [0.3, 0.4) is 0 Å². The van der Waals surface area contributed by atoms with Crippen LogP contribution in [0.1, 0.15) is 52.4 Å². The van der Waals surface area contributed by atoms with Gasteiger partial charge in [-0.15, -0.1) is 0 Å². The van der Waals surface area contributed by atoms with E-state index in [9.17, 15) is 5.11 Å². The summed E-state index contributed by atoms with van der Waals surface area (Å²) >= 11 is 0. The number of hydrogen-bond acceptors (Lipinski definition) is 2. The molecule has 0 aromatic carbocycles. The van der Waals surface area contributed by atoms with Crippen LogP contribution >= 0.6 is 0 Å². The largest absolute Gasteiger partial charge is 0.393 e. The van der Waals surface area contributed by atoms with Gasteiger partial charge in [0.25, 0.3) is 0 Å². The molecule has 0 bridgehead atoms. The maximum Gasteiger partial charge on any atom is 0.0512 e. The van der Waals surface area contributed by atoms with Crippen molar-refractivity contribution >= 4 is 0 Å². The van der Waals surface area contributed by atoms with Gasteiger partial charge in [0.05, 0.1) is 6.10 Å². The average molecular weight is 213 g/mol. The van der Waals surface area contributed by atoms with Gasteiger partial charge in [0.1, 0.15) is 0 Å². The summed E-state index contributed by atoms with van der Waals surface area (Å²) in [5.41, 5.74) is 0. The zero-order valence-corrected chi connectivity index (χ0v) is 10.6. The van der Waals surface area contributed by atoms with Crippen LogP contribution in [0, 0.1) is 5.92 Å². The van der Waals surface area contributed by atoms with Gasteiger partial charge >= 0.3 is 0 Å². The van der Waals surface area contributed by atoms with Gasteiger partial charge in [-0.25, -0.2) is 0 Å². The van der Waals surface area contributed by atoms with Crippen molar-refractivity contribution in [1.82, 2.24) is 4.90 Å². The molecule has 0 aliphatic heterocycles. The van der Waals surface area contributed by atoms with E-state index in [2.05, 4.69) is 18.9 Å². The van der Waals surface area contributed by atoms with Gasteiger partial charge in [-0.05, 0) is 52.1 Å². The van der Waals surface area contributed by atoms with Crippen molar-refractivity contribution in [2.24, 2.45) is 5.92 Å². The Labute approximate surface area is 94.7 Å². The van der Waals surface area contributed by atoms with Crippen LogP contribution in [0.25, 0.3) is 0 Å². The topological polar surface area (TPSA) is 23.5 Å². The Bertz CT molecular complexity index is 170. The first-order valence-electron chi connectivity index (χ1n) is 6.49. The lowest BCUT2D eigenvalue weighted by molar-refractivity contribution is 0.126. The van der Waals surface area contributed by atoms with Gasteiger partial charge in [0.15, 0.2) is 0 Å². The molecule has 1 aliphatic carbocycles. The summed E-state index contributed by atoms with van der Waals surface area (Å²) in [4.78, 5) is 2.51. The Balaban J connectivity index is 2.22. The zero-order valence-electron chi connectivity index (χ0n) is 10.6. The maximum atomic E-state index is 9.21. The Morgan fingerprint density at radius 1 is 1.33 bits per heavy atom. The average Bonchev–Trinajstić information content (AvgIpc) is 2.17. The second-order valence-electron chi connectivity index (χ2n) is 5.30. The minimum Gasteiger partial charge on any atom is -0.393 e. The second-order valence-corrected chi connectivity index (χ2v) is 5.30. The van der Waals surface area contributed by atoms with Crippen molar-refractivity contribution < 1.29 is 5.11 Å². The van der Waals surface area contributed by atoms with Gasteiger partial charge in [-0.3, -0.25) is 0 Å². The third-order valence-corrected chi connectivity index (χ3v) is 3.77. The minimum atomic E-state index is -0.137. The summed E-state index contributed by atoms with van der Waals surface area (Å²) in [6.07, 6.45) is 7.50. The fourth-order valence-corrected chi connectivity index (χ4v) is 2.75. The van der Waals surface area contributed by atoms with E-state index in [-0.39, 0.29) is 6.10 Å². The molecule has 0 aromatic rings. The Hall–Kier alpha value is -0.0800. The summed E-state index contributed by atoms with van der Waals surface area (Å²) in [5, 5.41) is 9.21. The molecule has 0 aromatic heterocycles. The molecule has 2 heteroatoms. The van der Waals surface area contributed by atoms with Gasteiger partial charge in [0, 0.05) is 6.04 Å². The van der Waals surface area contributed by atoms with Gasteiger partial charge in [-0.2, -0.15) is 0 Å². The maximum absolute atomic E-state index is 9.21.